The highest BCUT2D eigenvalue weighted by Crippen LogP contribution is 2.24. The smallest absolute Gasteiger partial charge is 0.323 e. The highest BCUT2D eigenvalue weighted by atomic mass is 35.5. The normalized spacial score (nSPS) is 20.1. The van der Waals surface area contributed by atoms with Crippen LogP contribution < -0.4 is 5.32 Å². The van der Waals surface area contributed by atoms with Crippen molar-refractivity contribution in [3.05, 3.63) is 29.0 Å². The SMILES string of the molecule is O=C1CN(S(=O)(=O)c2ccc(F)c(Cl)c2)C(C(=O)O)CN1. The Balaban J connectivity index is 2.46. The third-order valence-electron chi connectivity index (χ3n) is 2.92. The van der Waals surface area contributed by atoms with E-state index in [-0.39, 0.29) is 11.4 Å². The highest BCUT2D eigenvalue weighted by molar-refractivity contribution is 7.89. The van der Waals surface area contributed by atoms with Gasteiger partial charge in [0, 0.05) is 6.54 Å². The molecule has 0 radical (unpaired) electrons. The van der Waals surface area contributed by atoms with Gasteiger partial charge in [0.2, 0.25) is 15.9 Å². The fraction of sp³-hybridized carbons (Fsp3) is 0.273. The first-order valence-corrected chi connectivity index (χ1v) is 7.51. The molecule has 1 atom stereocenters. The van der Waals surface area contributed by atoms with E-state index in [0.717, 1.165) is 18.2 Å². The number of piperazine rings is 1. The number of nitrogens with one attached hydrogen (secondary N) is 1. The number of halogens is 2. The number of hydrogen-bond acceptors (Lipinski definition) is 4. The molecule has 0 bridgehead atoms. The Hall–Kier alpha value is -1.71. The van der Waals surface area contributed by atoms with Crippen molar-refractivity contribution in [1.82, 2.24) is 9.62 Å². The summed E-state index contributed by atoms with van der Waals surface area (Å²) in [5.74, 6) is -2.82. The van der Waals surface area contributed by atoms with Gasteiger partial charge in [-0.1, -0.05) is 11.6 Å². The number of aliphatic carboxylic acids is 1. The van der Waals surface area contributed by atoms with Crippen LogP contribution in [-0.2, 0) is 19.6 Å². The molecule has 1 amide bonds. The van der Waals surface area contributed by atoms with Crippen molar-refractivity contribution >= 4 is 33.5 Å². The number of hydrogen-bond donors (Lipinski definition) is 2. The molecule has 2 N–H and O–H groups in total. The molecule has 0 aromatic heterocycles. The van der Waals surface area contributed by atoms with E-state index in [1.54, 1.807) is 0 Å². The number of carbonyl (C=O) groups is 2. The Labute approximate surface area is 124 Å². The van der Waals surface area contributed by atoms with Crippen LogP contribution in [0.4, 0.5) is 4.39 Å². The first kappa shape index (κ1) is 15.7. The number of benzene rings is 1. The van der Waals surface area contributed by atoms with Crippen molar-refractivity contribution in [2.24, 2.45) is 0 Å². The molecule has 1 aromatic carbocycles. The van der Waals surface area contributed by atoms with Crippen LogP contribution in [0.25, 0.3) is 0 Å². The van der Waals surface area contributed by atoms with Crippen molar-refractivity contribution in [3.63, 3.8) is 0 Å². The van der Waals surface area contributed by atoms with Gasteiger partial charge in [0.15, 0.2) is 0 Å². The van der Waals surface area contributed by atoms with Gasteiger partial charge in [0.25, 0.3) is 0 Å². The molecule has 0 aliphatic carbocycles. The van der Waals surface area contributed by atoms with Gasteiger partial charge < -0.3 is 10.4 Å². The number of carboxylic acid groups (broad SMARTS) is 1. The Kier molecular flexibility index (Phi) is 4.17. The lowest BCUT2D eigenvalue weighted by Crippen LogP contribution is -2.59. The minimum absolute atomic E-state index is 0.345. The Morgan fingerprint density at radius 1 is 1.48 bits per heavy atom. The van der Waals surface area contributed by atoms with Crippen LogP contribution in [-0.4, -0.2) is 48.8 Å². The third kappa shape index (κ3) is 2.99. The second kappa shape index (κ2) is 5.58. The van der Waals surface area contributed by atoms with Crippen LogP contribution in [0.15, 0.2) is 23.1 Å². The summed E-state index contributed by atoms with van der Waals surface area (Å²) < 4.78 is 38.5. The molecular weight excluding hydrogens is 327 g/mol. The minimum Gasteiger partial charge on any atom is -0.480 e. The summed E-state index contributed by atoms with van der Waals surface area (Å²) in [4.78, 5) is 22.1. The molecule has 1 unspecified atom stereocenters. The minimum atomic E-state index is -4.29. The van der Waals surface area contributed by atoms with Crippen LogP contribution in [0, 0.1) is 5.82 Å². The van der Waals surface area contributed by atoms with E-state index in [1.165, 1.54) is 0 Å². The summed E-state index contributed by atoms with van der Waals surface area (Å²) in [6, 6.07) is 1.26. The summed E-state index contributed by atoms with van der Waals surface area (Å²) in [6.45, 7) is -0.976. The van der Waals surface area contributed by atoms with E-state index in [0.29, 0.717) is 4.31 Å². The first-order valence-electron chi connectivity index (χ1n) is 5.70. The van der Waals surface area contributed by atoms with Crippen molar-refractivity contribution in [2.45, 2.75) is 10.9 Å². The molecule has 1 fully saturated rings. The number of carboxylic acids is 1. The topological polar surface area (TPSA) is 104 Å². The molecule has 21 heavy (non-hydrogen) atoms. The monoisotopic (exact) mass is 336 g/mol. The van der Waals surface area contributed by atoms with Gasteiger partial charge in [-0.05, 0) is 18.2 Å². The van der Waals surface area contributed by atoms with Crippen LogP contribution in [0.5, 0.6) is 0 Å². The van der Waals surface area contributed by atoms with Gasteiger partial charge >= 0.3 is 5.97 Å². The number of amides is 1. The maximum Gasteiger partial charge on any atom is 0.323 e. The van der Waals surface area contributed by atoms with Crippen LogP contribution >= 0.6 is 11.6 Å². The van der Waals surface area contributed by atoms with Gasteiger partial charge in [-0.25, -0.2) is 12.8 Å². The molecular formula is C11H10ClFN2O5S. The lowest BCUT2D eigenvalue weighted by Gasteiger charge is -2.31. The quantitative estimate of drug-likeness (QED) is 0.812. The van der Waals surface area contributed by atoms with Crippen molar-refractivity contribution < 1.29 is 27.5 Å². The summed E-state index contributed by atoms with van der Waals surface area (Å²) in [5, 5.41) is 10.9. The predicted molar refractivity (Wildman–Crippen MR) is 69.7 cm³/mol. The maximum absolute atomic E-state index is 13.1. The number of sulfonamides is 1. The van der Waals surface area contributed by atoms with Crippen molar-refractivity contribution in [2.75, 3.05) is 13.1 Å². The van der Waals surface area contributed by atoms with Gasteiger partial charge in [-0.3, -0.25) is 9.59 Å². The zero-order chi connectivity index (χ0) is 15.8. The largest absolute Gasteiger partial charge is 0.480 e. The summed E-state index contributed by atoms with van der Waals surface area (Å²) in [7, 11) is -4.29. The molecule has 1 aromatic rings. The summed E-state index contributed by atoms with van der Waals surface area (Å²) in [5.41, 5.74) is 0. The van der Waals surface area contributed by atoms with Gasteiger partial charge in [-0.15, -0.1) is 0 Å². The van der Waals surface area contributed by atoms with E-state index >= 15 is 0 Å². The third-order valence-corrected chi connectivity index (χ3v) is 5.06. The fourth-order valence-corrected chi connectivity index (χ4v) is 3.67. The summed E-state index contributed by atoms with van der Waals surface area (Å²) in [6.07, 6.45) is 0. The van der Waals surface area contributed by atoms with Crippen LogP contribution in [0.1, 0.15) is 0 Å². The van der Waals surface area contributed by atoms with Crippen LogP contribution in [0.2, 0.25) is 5.02 Å². The number of carbonyl (C=O) groups excluding carboxylic acids is 1. The van der Waals surface area contributed by atoms with Crippen molar-refractivity contribution in [3.8, 4) is 0 Å². The van der Waals surface area contributed by atoms with Gasteiger partial charge in [0.05, 0.1) is 16.5 Å². The number of rotatable bonds is 3. The zero-order valence-electron chi connectivity index (χ0n) is 10.4. The molecule has 1 aliphatic rings. The Bertz CT molecular complexity index is 709. The Morgan fingerprint density at radius 3 is 2.71 bits per heavy atom. The second-order valence-electron chi connectivity index (χ2n) is 4.28. The molecule has 10 heteroatoms. The zero-order valence-corrected chi connectivity index (χ0v) is 12.0. The van der Waals surface area contributed by atoms with E-state index in [2.05, 4.69) is 5.32 Å². The van der Waals surface area contributed by atoms with Gasteiger partial charge in [-0.2, -0.15) is 4.31 Å². The number of nitrogens with zero attached hydrogens (tertiary/aromatic N) is 1. The van der Waals surface area contributed by atoms with E-state index in [1.807, 2.05) is 0 Å². The molecule has 7 nitrogen and oxygen atoms in total. The first-order chi connectivity index (χ1) is 9.73. The molecule has 1 heterocycles. The highest BCUT2D eigenvalue weighted by Gasteiger charge is 2.40. The van der Waals surface area contributed by atoms with Gasteiger partial charge in [0.1, 0.15) is 11.9 Å². The molecule has 0 spiro atoms. The molecule has 1 aliphatic heterocycles. The molecule has 114 valence electrons. The lowest BCUT2D eigenvalue weighted by molar-refractivity contribution is -0.143. The summed E-state index contributed by atoms with van der Waals surface area (Å²) >= 11 is 5.53. The Morgan fingerprint density at radius 2 is 2.14 bits per heavy atom. The standard InChI is InChI=1S/C11H10ClFN2O5S/c12-7-3-6(1-2-8(7)13)21(19,20)15-5-10(16)14-4-9(15)11(17)18/h1-3,9H,4-5H2,(H,14,16)(H,17,18). The van der Waals surface area contributed by atoms with E-state index < -0.39 is 45.3 Å². The van der Waals surface area contributed by atoms with Crippen LogP contribution in [0.3, 0.4) is 0 Å². The second-order valence-corrected chi connectivity index (χ2v) is 6.58. The molecule has 1 saturated heterocycles. The maximum atomic E-state index is 13.1. The van der Waals surface area contributed by atoms with Crippen molar-refractivity contribution in [1.29, 1.82) is 0 Å². The average Bonchev–Trinajstić information content (AvgIpc) is 2.41. The average molecular weight is 337 g/mol. The lowest BCUT2D eigenvalue weighted by atomic mass is 10.2. The van der Waals surface area contributed by atoms with E-state index in [9.17, 15) is 22.4 Å². The molecule has 2 rings (SSSR count). The fourth-order valence-electron chi connectivity index (χ4n) is 1.86. The molecule has 0 saturated carbocycles. The predicted octanol–water partition coefficient (Wildman–Crippen LogP) is 0.0528. The van der Waals surface area contributed by atoms with E-state index in [4.69, 9.17) is 16.7 Å².